The minimum Gasteiger partial charge on any atom is -0.393 e. The van der Waals surface area contributed by atoms with Crippen LogP contribution in [0.4, 0.5) is 8.78 Å². The lowest BCUT2D eigenvalue weighted by Crippen LogP contribution is -2.28. The first-order chi connectivity index (χ1) is 5.93. The Hall–Kier alpha value is -0.180. The Bertz CT molecular complexity index is 168. The Morgan fingerprint density at radius 3 is 2.38 bits per heavy atom. The zero-order valence-corrected chi connectivity index (χ0v) is 8.26. The molecule has 13 heavy (non-hydrogen) atoms. The molecule has 1 fully saturated rings. The molecule has 0 aromatic heterocycles. The van der Waals surface area contributed by atoms with E-state index in [1.807, 2.05) is 0 Å². The maximum Gasteiger partial charge on any atom is 0.243 e. The molecule has 0 bridgehead atoms. The van der Waals surface area contributed by atoms with E-state index < -0.39 is 11.8 Å². The maximum absolute atomic E-state index is 12.5. The summed E-state index contributed by atoms with van der Waals surface area (Å²) in [5.74, 6) is 0.0870. The molecule has 0 spiro atoms. The summed E-state index contributed by atoms with van der Waals surface area (Å²) in [6.45, 7) is 3.14. The summed E-state index contributed by atoms with van der Waals surface area (Å²) in [4.78, 5) is 0. The number of aliphatic hydroxyl groups excluding tert-OH is 1. The van der Waals surface area contributed by atoms with E-state index in [1.165, 1.54) is 0 Å². The summed E-state index contributed by atoms with van der Waals surface area (Å²) in [7, 11) is 0. The van der Waals surface area contributed by atoms with E-state index in [0.717, 1.165) is 19.3 Å². The highest BCUT2D eigenvalue weighted by molar-refractivity contribution is 4.83. The summed E-state index contributed by atoms with van der Waals surface area (Å²) in [5, 5.41) is 9.49. The van der Waals surface area contributed by atoms with Crippen LogP contribution in [-0.4, -0.2) is 17.6 Å². The van der Waals surface area contributed by atoms with Gasteiger partial charge in [0.05, 0.1) is 6.10 Å². The molecule has 1 aliphatic carbocycles. The molecule has 1 saturated carbocycles. The number of alkyl halides is 2. The zero-order valence-electron chi connectivity index (χ0n) is 8.26. The third-order valence-electron chi connectivity index (χ3n) is 3.00. The highest BCUT2D eigenvalue weighted by Crippen LogP contribution is 2.39. The molecule has 2 atom stereocenters. The van der Waals surface area contributed by atoms with Crippen molar-refractivity contribution in [3.8, 4) is 0 Å². The molecule has 1 N–H and O–H groups in total. The van der Waals surface area contributed by atoms with Gasteiger partial charge in [-0.15, -0.1) is 0 Å². The van der Waals surface area contributed by atoms with Crippen molar-refractivity contribution in [3.63, 3.8) is 0 Å². The SMILES string of the molecule is CC(C)(C[C@@H]1CCC[C@H]1O)C(F)F. The number of hydrogen-bond donors (Lipinski definition) is 1. The Kier molecular flexibility index (Phi) is 3.28. The second-order valence-electron chi connectivity index (χ2n) is 4.75. The first-order valence-corrected chi connectivity index (χ1v) is 4.89. The van der Waals surface area contributed by atoms with Crippen LogP contribution >= 0.6 is 0 Å². The molecule has 0 aromatic carbocycles. The van der Waals surface area contributed by atoms with Gasteiger partial charge in [0.15, 0.2) is 0 Å². The van der Waals surface area contributed by atoms with Crippen molar-refractivity contribution in [2.24, 2.45) is 11.3 Å². The lowest BCUT2D eigenvalue weighted by atomic mass is 9.81. The van der Waals surface area contributed by atoms with Gasteiger partial charge in [0.1, 0.15) is 0 Å². The Balaban J connectivity index is 2.47. The Labute approximate surface area is 78.1 Å². The average molecular weight is 192 g/mol. The van der Waals surface area contributed by atoms with Gasteiger partial charge in [-0.3, -0.25) is 0 Å². The minimum atomic E-state index is -2.29. The summed E-state index contributed by atoms with van der Waals surface area (Å²) >= 11 is 0. The van der Waals surface area contributed by atoms with E-state index in [9.17, 15) is 13.9 Å². The Morgan fingerprint density at radius 2 is 2.00 bits per heavy atom. The molecule has 1 rings (SSSR count). The van der Waals surface area contributed by atoms with E-state index in [4.69, 9.17) is 0 Å². The fourth-order valence-corrected chi connectivity index (χ4v) is 2.02. The summed E-state index contributed by atoms with van der Waals surface area (Å²) in [5.41, 5.74) is -0.948. The number of aliphatic hydroxyl groups is 1. The van der Waals surface area contributed by atoms with Gasteiger partial charge in [0, 0.05) is 5.41 Å². The predicted octanol–water partition coefficient (Wildman–Crippen LogP) is 2.83. The highest BCUT2D eigenvalue weighted by atomic mass is 19.3. The van der Waals surface area contributed by atoms with Gasteiger partial charge in [-0.1, -0.05) is 20.3 Å². The van der Waals surface area contributed by atoms with E-state index in [1.54, 1.807) is 13.8 Å². The lowest BCUT2D eigenvalue weighted by Gasteiger charge is -2.28. The van der Waals surface area contributed by atoms with Gasteiger partial charge in [-0.25, -0.2) is 8.78 Å². The van der Waals surface area contributed by atoms with Crippen molar-refractivity contribution in [1.82, 2.24) is 0 Å². The fraction of sp³-hybridized carbons (Fsp3) is 1.00. The average Bonchev–Trinajstić information content (AvgIpc) is 2.35. The lowest BCUT2D eigenvalue weighted by molar-refractivity contribution is -0.0100. The van der Waals surface area contributed by atoms with E-state index in [0.29, 0.717) is 6.42 Å². The summed E-state index contributed by atoms with van der Waals surface area (Å²) in [6.07, 6.45) is 0.455. The molecule has 0 heterocycles. The first kappa shape index (κ1) is 10.9. The van der Waals surface area contributed by atoms with Crippen LogP contribution in [0.25, 0.3) is 0 Å². The molecule has 0 unspecified atom stereocenters. The second-order valence-corrected chi connectivity index (χ2v) is 4.75. The van der Waals surface area contributed by atoms with Crippen LogP contribution in [0.2, 0.25) is 0 Å². The van der Waals surface area contributed by atoms with E-state index >= 15 is 0 Å². The molecule has 0 aliphatic heterocycles. The molecule has 0 saturated heterocycles. The molecule has 1 aliphatic rings. The fourth-order valence-electron chi connectivity index (χ4n) is 2.02. The third-order valence-corrected chi connectivity index (χ3v) is 3.00. The molecule has 0 radical (unpaired) electrons. The Morgan fingerprint density at radius 1 is 1.38 bits per heavy atom. The summed E-state index contributed by atoms with van der Waals surface area (Å²) < 4.78 is 25.0. The standard InChI is InChI=1S/C10H18F2O/c1-10(2,9(11)12)6-7-4-3-5-8(7)13/h7-9,13H,3-6H2,1-2H3/t7-,8+/m0/s1. The van der Waals surface area contributed by atoms with Crippen molar-refractivity contribution in [2.75, 3.05) is 0 Å². The smallest absolute Gasteiger partial charge is 0.243 e. The number of hydrogen-bond acceptors (Lipinski definition) is 1. The van der Waals surface area contributed by atoms with Crippen LogP contribution < -0.4 is 0 Å². The van der Waals surface area contributed by atoms with Gasteiger partial charge in [-0.05, 0) is 25.2 Å². The second kappa shape index (κ2) is 3.91. The summed E-state index contributed by atoms with van der Waals surface area (Å²) in [6, 6.07) is 0. The van der Waals surface area contributed by atoms with Crippen molar-refractivity contribution in [2.45, 2.75) is 52.1 Å². The van der Waals surface area contributed by atoms with Crippen molar-refractivity contribution < 1.29 is 13.9 Å². The molecule has 0 aromatic rings. The van der Waals surface area contributed by atoms with Gasteiger partial charge < -0.3 is 5.11 Å². The zero-order chi connectivity index (χ0) is 10.1. The van der Waals surface area contributed by atoms with Gasteiger partial charge in [-0.2, -0.15) is 0 Å². The number of rotatable bonds is 3. The molecule has 78 valence electrons. The quantitative estimate of drug-likeness (QED) is 0.729. The molecule has 3 heteroatoms. The van der Waals surface area contributed by atoms with Gasteiger partial charge in [0.2, 0.25) is 6.43 Å². The van der Waals surface area contributed by atoms with Crippen LogP contribution in [0.5, 0.6) is 0 Å². The molecular weight excluding hydrogens is 174 g/mol. The largest absolute Gasteiger partial charge is 0.393 e. The third kappa shape index (κ3) is 2.63. The molecule has 0 amide bonds. The van der Waals surface area contributed by atoms with Crippen molar-refractivity contribution in [3.05, 3.63) is 0 Å². The molecule has 1 nitrogen and oxygen atoms in total. The van der Waals surface area contributed by atoms with Crippen LogP contribution in [-0.2, 0) is 0 Å². The van der Waals surface area contributed by atoms with Crippen molar-refractivity contribution in [1.29, 1.82) is 0 Å². The van der Waals surface area contributed by atoms with E-state index in [-0.39, 0.29) is 12.0 Å². The van der Waals surface area contributed by atoms with Gasteiger partial charge >= 0.3 is 0 Å². The van der Waals surface area contributed by atoms with E-state index in [2.05, 4.69) is 0 Å². The topological polar surface area (TPSA) is 20.2 Å². The monoisotopic (exact) mass is 192 g/mol. The predicted molar refractivity (Wildman–Crippen MR) is 47.7 cm³/mol. The van der Waals surface area contributed by atoms with Crippen LogP contribution in [0.1, 0.15) is 39.5 Å². The first-order valence-electron chi connectivity index (χ1n) is 4.89. The van der Waals surface area contributed by atoms with Crippen LogP contribution in [0.3, 0.4) is 0 Å². The molecular formula is C10H18F2O. The maximum atomic E-state index is 12.5. The highest BCUT2D eigenvalue weighted by Gasteiger charge is 2.36. The van der Waals surface area contributed by atoms with Crippen LogP contribution in [0, 0.1) is 11.3 Å². The van der Waals surface area contributed by atoms with Crippen LogP contribution in [0.15, 0.2) is 0 Å². The van der Waals surface area contributed by atoms with Crippen molar-refractivity contribution >= 4 is 0 Å². The number of halogens is 2. The normalized spacial score (nSPS) is 30.0. The minimum absolute atomic E-state index is 0.0870. The van der Waals surface area contributed by atoms with Gasteiger partial charge in [0.25, 0.3) is 0 Å².